The number of carbonyl (C=O) groups is 1. The summed E-state index contributed by atoms with van der Waals surface area (Å²) in [4.78, 5) is 15.7. The molecule has 6 rings (SSSR count). The molecule has 2 aliphatic heterocycles. The van der Waals surface area contributed by atoms with E-state index in [1.54, 1.807) is 31.6 Å². The van der Waals surface area contributed by atoms with Crippen LogP contribution in [0.1, 0.15) is 40.9 Å². The summed E-state index contributed by atoms with van der Waals surface area (Å²) >= 11 is 13.0. The van der Waals surface area contributed by atoms with Gasteiger partial charge >= 0.3 is 0 Å². The highest BCUT2D eigenvalue weighted by Crippen LogP contribution is 2.36. The molecular weight excluding hydrogens is 667 g/mol. The third kappa shape index (κ3) is 8.06. The first-order valence-corrected chi connectivity index (χ1v) is 18.7. The summed E-state index contributed by atoms with van der Waals surface area (Å²) in [7, 11) is 0.511. The number of hydrogen-bond acceptors (Lipinski definition) is 6. The van der Waals surface area contributed by atoms with Gasteiger partial charge in [0, 0.05) is 84.1 Å². The van der Waals surface area contributed by atoms with Crippen LogP contribution in [0, 0.1) is 0 Å². The number of rotatable bonds is 13. The zero-order valence-electron chi connectivity index (χ0n) is 27.4. The van der Waals surface area contributed by atoms with Gasteiger partial charge in [-0.25, -0.2) is 8.51 Å². The monoisotopic (exact) mass is 708 g/mol. The molecule has 0 spiro atoms. The number of carbonyl (C=O) groups excluding carboxylic acids is 1. The van der Waals surface area contributed by atoms with Crippen molar-refractivity contribution in [3.63, 3.8) is 0 Å². The molecule has 3 aromatic carbocycles. The number of amides is 1. The number of ether oxygens (including phenoxy) is 1. The van der Waals surface area contributed by atoms with E-state index in [0.29, 0.717) is 41.0 Å². The molecule has 4 aromatic rings. The highest BCUT2D eigenvalue weighted by atomic mass is 35.5. The van der Waals surface area contributed by atoms with E-state index >= 15 is 0 Å². The smallest absolute Gasteiger partial charge is 0.251 e. The molecule has 48 heavy (non-hydrogen) atoms. The lowest BCUT2D eigenvalue weighted by Gasteiger charge is -2.25. The van der Waals surface area contributed by atoms with Gasteiger partial charge in [0.2, 0.25) is 0 Å². The zero-order valence-corrected chi connectivity index (χ0v) is 29.8. The number of benzene rings is 3. The molecule has 1 atom stereocenters. The van der Waals surface area contributed by atoms with Crippen LogP contribution in [0.5, 0.6) is 5.75 Å². The van der Waals surface area contributed by atoms with Gasteiger partial charge in [-0.15, -0.1) is 0 Å². The fourth-order valence-electron chi connectivity index (χ4n) is 6.54. The van der Waals surface area contributed by atoms with Crippen molar-refractivity contribution < 1.29 is 13.7 Å². The third-order valence-corrected chi connectivity index (χ3v) is 10.7. The number of aryl methyl sites for hydroxylation is 1. The van der Waals surface area contributed by atoms with E-state index in [1.165, 1.54) is 31.6 Å². The summed E-state index contributed by atoms with van der Waals surface area (Å²) in [5.41, 5.74) is 7.27. The van der Waals surface area contributed by atoms with Gasteiger partial charge in [0.05, 0.1) is 28.8 Å². The molecule has 0 bridgehead atoms. The van der Waals surface area contributed by atoms with Gasteiger partial charge in [-0.1, -0.05) is 41.4 Å². The molecule has 3 heterocycles. The third-order valence-electron chi connectivity index (χ3n) is 9.07. The number of methoxy groups -OCH3 is 1. The van der Waals surface area contributed by atoms with E-state index in [0.717, 1.165) is 66.1 Å². The minimum Gasteiger partial charge on any atom is -0.495 e. The van der Waals surface area contributed by atoms with Gasteiger partial charge in [-0.2, -0.15) is 5.10 Å². The first-order chi connectivity index (χ1) is 23.3. The highest BCUT2D eigenvalue weighted by Gasteiger charge is 2.27. The van der Waals surface area contributed by atoms with Crippen LogP contribution >= 0.6 is 23.2 Å². The molecule has 1 unspecified atom stereocenters. The summed E-state index contributed by atoms with van der Waals surface area (Å²) < 4.78 is 21.9. The number of halogens is 2. The Morgan fingerprint density at radius 3 is 2.56 bits per heavy atom. The number of fused-ring (bicyclic) bond motifs is 1. The summed E-state index contributed by atoms with van der Waals surface area (Å²) in [5.74, 6) is 0.437. The molecule has 2 aliphatic rings. The summed E-state index contributed by atoms with van der Waals surface area (Å²) in [6.07, 6.45) is 6.17. The normalized spacial score (nSPS) is 15.7. The number of anilines is 1. The Balaban J connectivity index is 1.18. The Kier molecular flexibility index (Phi) is 11.4. The predicted molar refractivity (Wildman–Crippen MR) is 195 cm³/mol. The maximum absolute atomic E-state index is 13.1. The van der Waals surface area contributed by atoms with E-state index in [4.69, 9.17) is 33.0 Å². The topological polar surface area (TPSA) is 91.7 Å². The Hall–Kier alpha value is -3.41. The van der Waals surface area contributed by atoms with Crippen LogP contribution in [0.15, 0.2) is 60.7 Å². The number of aromatic nitrogens is 2. The first-order valence-electron chi connectivity index (χ1n) is 16.5. The van der Waals surface area contributed by atoms with Crippen molar-refractivity contribution in [2.24, 2.45) is 0 Å². The van der Waals surface area contributed by atoms with Crippen molar-refractivity contribution in [1.82, 2.24) is 24.3 Å². The van der Waals surface area contributed by atoms with Gasteiger partial charge in [0.15, 0.2) is 0 Å². The molecular formula is C36H42Cl2N6O3S. The van der Waals surface area contributed by atoms with Crippen molar-refractivity contribution in [3.05, 3.63) is 87.5 Å². The number of nitrogens with zero attached hydrogens (tertiary/aromatic N) is 4. The van der Waals surface area contributed by atoms with Gasteiger partial charge in [-0.3, -0.25) is 9.48 Å². The molecule has 2 N–H and O–H groups in total. The zero-order chi connectivity index (χ0) is 33.6. The number of hydrogen-bond donors (Lipinski definition) is 2. The molecule has 9 nitrogen and oxygen atoms in total. The van der Waals surface area contributed by atoms with Crippen LogP contribution < -0.4 is 15.4 Å². The van der Waals surface area contributed by atoms with E-state index in [-0.39, 0.29) is 5.91 Å². The van der Waals surface area contributed by atoms with E-state index in [1.807, 2.05) is 40.7 Å². The fourth-order valence-corrected chi connectivity index (χ4v) is 7.68. The van der Waals surface area contributed by atoms with Crippen LogP contribution in [0.25, 0.3) is 22.4 Å². The maximum atomic E-state index is 13.1. The highest BCUT2D eigenvalue weighted by molar-refractivity contribution is 7.81. The lowest BCUT2D eigenvalue weighted by atomic mass is 9.97. The number of nitrogens with one attached hydrogen (secondary N) is 2. The minimum atomic E-state index is -1.07. The lowest BCUT2D eigenvalue weighted by molar-refractivity contribution is 0.0955. The van der Waals surface area contributed by atoms with Gasteiger partial charge in [-0.05, 0) is 86.9 Å². The van der Waals surface area contributed by atoms with Crippen LogP contribution in [0.3, 0.4) is 0 Å². The molecule has 0 saturated carbocycles. The Bertz CT molecular complexity index is 1790. The Labute approximate surface area is 295 Å². The van der Waals surface area contributed by atoms with Crippen molar-refractivity contribution in [1.29, 1.82) is 0 Å². The van der Waals surface area contributed by atoms with E-state index < -0.39 is 11.0 Å². The van der Waals surface area contributed by atoms with Crippen molar-refractivity contribution in [2.75, 3.05) is 58.0 Å². The molecule has 1 saturated heterocycles. The van der Waals surface area contributed by atoms with E-state index in [9.17, 15) is 9.00 Å². The largest absolute Gasteiger partial charge is 0.495 e. The molecule has 1 amide bonds. The average Bonchev–Trinajstić information content (AvgIpc) is 3.75. The quantitative estimate of drug-likeness (QED) is 0.154. The molecule has 1 fully saturated rings. The van der Waals surface area contributed by atoms with Gasteiger partial charge in [0.1, 0.15) is 5.75 Å². The summed E-state index contributed by atoms with van der Waals surface area (Å²) in [5, 5.41) is 12.5. The van der Waals surface area contributed by atoms with E-state index in [2.05, 4.69) is 26.3 Å². The standard InChI is InChI=1S/C36H42Cl2N6O3S/c1-47-34-12-10-28(23-32(34)38)39-14-15-40-36(45)27-8-5-7-25(21-27)29-22-26(9-11-31(29)37)35-30-24-43(48(2)46)20-13-33(30)44(41-35)19-6-18-42-16-3-4-17-42/h5,7-12,21-23,39H,3-4,6,13-20,24H2,1-2H3,(H,40,45). The second-order valence-electron chi connectivity index (χ2n) is 12.2. The molecule has 1 aromatic heterocycles. The summed E-state index contributed by atoms with van der Waals surface area (Å²) in [6, 6.07) is 18.9. The minimum absolute atomic E-state index is 0.173. The maximum Gasteiger partial charge on any atom is 0.251 e. The average molecular weight is 710 g/mol. The SMILES string of the molecule is COc1ccc(NCCNC(=O)c2cccc(-c3cc(-c4nn(CCCN5CCCC5)c5c4CN(S(C)=O)CC5)ccc3Cl)c2)cc1Cl. The van der Waals surface area contributed by atoms with Crippen molar-refractivity contribution >= 4 is 45.8 Å². The predicted octanol–water partition coefficient (Wildman–Crippen LogP) is 6.51. The van der Waals surface area contributed by atoms with Gasteiger partial charge < -0.3 is 20.3 Å². The van der Waals surface area contributed by atoms with Crippen LogP contribution in [-0.2, 0) is 30.5 Å². The van der Waals surface area contributed by atoms with Gasteiger partial charge in [0.25, 0.3) is 5.91 Å². The second kappa shape index (κ2) is 15.9. The van der Waals surface area contributed by atoms with Crippen molar-refractivity contribution in [2.45, 2.75) is 38.8 Å². The van der Waals surface area contributed by atoms with Crippen LogP contribution in [-0.4, -0.2) is 81.7 Å². The fraction of sp³-hybridized carbons (Fsp3) is 0.389. The lowest BCUT2D eigenvalue weighted by Crippen LogP contribution is -2.32. The second-order valence-corrected chi connectivity index (χ2v) is 14.4. The van der Waals surface area contributed by atoms with Crippen LogP contribution in [0.4, 0.5) is 5.69 Å². The number of likely N-dealkylation sites (tertiary alicyclic amines) is 1. The molecule has 0 aliphatic carbocycles. The summed E-state index contributed by atoms with van der Waals surface area (Å²) in [6.45, 7) is 6.61. The van der Waals surface area contributed by atoms with Crippen LogP contribution in [0.2, 0.25) is 10.0 Å². The Morgan fingerprint density at radius 2 is 1.79 bits per heavy atom. The molecule has 254 valence electrons. The first kappa shape index (κ1) is 34.5. The molecule has 0 radical (unpaired) electrons. The van der Waals surface area contributed by atoms with Crippen molar-refractivity contribution in [3.8, 4) is 28.1 Å². The molecule has 12 heteroatoms. The Morgan fingerprint density at radius 1 is 0.958 bits per heavy atom.